The predicted molar refractivity (Wildman–Crippen MR) is 100 cm³/mol. The molecule has 2 aromatic rings. The van der Waals surface area contributed by atoms with Gasteiger partial charge in [-0.3, -0.25) is 4.79 Å². The molecule has 144 valence electrons. The molecule has 2 atom stereocenters. The predicted octanol–water partition coefficient (Wildman–Crippen LogP) is 2.87. The third kappa shape index (κ3) is 3.66. The Morgan fingerprint density at radius 1 is 1.11 bits per heavy atom. The number of nitrogens with zero attached hydrogens (tertiary/aromatic N) is 1. The largest absolute Gasteiger partial charge is 0.469 e. The lowest BCUT2D eigenvalue weighted by molar-refractivity contribution is -0.127. The minimum absolute atomic E-state index is 0.0406. The third-order valence-corrected chi connectivity index (χ3v) is 7.38. The molecule has 0 unspecified atom stereocenters. The van der Waals surface area contributed by atoms with E-state index in [4.69, 9.17) is 4.42 Å². The van der Waals surface area contributed by atoms with Crippen LogP contribution in [0.3, 0.4) is 0 Å². The standard InChI is InChI=1S/C20H24N2O4S/c23-20(21-18-9-4-10-19-17(18)11-13-26-19)15-6-5-12-22(14-15)27(24,25)16-7-2-1-3-8-16/h1-3,7-8,11,13,15,18H,4-6,9-10,12,14H2,(H,21,23)/t15-,18+/m0/s1. The number of hydrogen-bond acceptors (Lipinski definition) is 4. The molecular formula is C20H24N2O4S. The second-order valence-corrected chi connectivity index (χ2v) is 9.21. The fourth-order valence-corrected chi connectivity index (χ4v) is 5.59. The first-order chi connectivity index (χ1) is 13.1. The second-order valence-electron chi connectivity index (χ2n) is 7.27. The molecule has 0 spiro atoms. The van der Waals surface area contributed by atoms with E-state index < -0.39 is 10.0 Å². The summed E-state index contributed by atoms with van der Waals surface area (Å²) in [5.74, 6) is 0.556. The molecule has 0 radical (unpaired) electrons. The summed E-state index contributed by atoms with van der Waals surface area (Å²) in [6.45, 7) is 0.685. The number of hydrogen-bond donors (Lipinski definition) is 1. The van der Waals surface area contributed by atoms with Gasteiger partial charge < -0.3 is 9.73 Å². The molecule has 0 saturated carbocycles. The highest BCUT2D eigenvalue weighted by atomic mass is 32.2. The second kappa shape index (κ2) is 7.48. The number of amides is 1. The monoisotopic (exact) mass is 388 g/mol. The van der Waals surface area contributed by atoms with E-state index in [0.29, 0.717) is 19.4 Å². The molecule has 0 bridgehead atoms. The van der Waals surface area contributed by atoms with Crippen molar-refractivity contribution in [3.05, 3.63) is 54.0 Å². The van der Waals surface area contributed by atoms with Gasteiger partial charge in [-0.05, 0) is 43.9 Å². The fourth-order valence-electron chi connectivity index (χ4n) is 4.04. The molecule has 1 amide bonds. The first-order valence-electron chi connectivity index (χ1n) is 9.47. The highest BCUT2D eigenvalue weighted by Gasteiger charge is 2.34. The Morgan fingerprint density at radius 3 is 2.74 bits per heavy atom. The van der Waals surface area contributed by atoms with Gasteiger partial charge in [-0.25, -0.2) is 8.42 Å². The number of nitrogens with one attached hydrogen (secondary N) is 1. The van der Waals surface area contributed by atoms with Crippen LogP contribution in [0.5, 0.6) is 0 Å². The lowest BCUT2D eigenvalue weighted by atomic mass is 9.92. The van der Waals surface area contributed by atoms with E-state index in [0.717, 1.165) is 30.6 Å². The van der Waals surface area contributed by atoms with E-state index >= 15 is 0 Å². The highest BCUT2D eigenvalue weighted by molar-refractivity contribution is 7.89. The molecule has 1 saturated heterocycles. The van der Waals surface area contributed by atoms with Crippen molar-refractivity contribution in [3.63, 3.8) is 0 Å². The summed E-state index contributed by atoms with van der Waals surface area (Å²) in [4.78, 5) is 13.1. The minimum atomic E-state index is -3.56. The number of furan rings is 1. The molecule has 1 aliphatic heterocycles. The summed E-state index contributed by atoms with van der Waals surface area (Å²) in [5, 5.41) is 3.12. The van der Waals surface area contributed by atoms with Crippen molar-refractivity contribution >= 4 is 15.9 Å². The van der Waals surface area contributed by atoms with Gasteiger partial charge in [-0.2, -0.15) is 4.31 Å². The number of sulfonamides is 1. The summed E-state index contributed by atoms with van der Waals surface area (Å²) in [6, 6.07) is 10.3. The average Bonchev–Trinajstić information content (AvgIpc) is 3.19. The van der Waals surface area contributed by atoms with Crippen molar-refractivity contribution < 1.29 is 17.6 Å². The Morgan fingerprint density at radius 2 is 1.93 bits per heavy atom. The number of carbonyl (C=O) groups excluding carboxylic acids is 1. The molecule has 1 aromatic heterocycles. The van der Waals surface area contributed by atoms with Gasteiger partial charge in [0.1, 0.15) is 5.76 Å². The molecule has 2 aliphatic rings. The summed E-state index contributed by atoms with van der Waals surface area (Å²) < 4.78 is 32.6. The molecule has 1 N–H and O–H groups in total. The van der Waals surface area contributed by atoms with Gasteiger partial charge in [0.25, 0.3) is 0 Å². The summed E-state index contributed by atoms with van der Waals surface area (Å²) in [7, 11) is -3.56. The zero-order chi connectivity index (χ0) is 18.9. The van der Waals surface area contributed by atoms with Crippen molar-refractivity contribution in [2.24, 2.45) is 5.92 Å². The summed E-state index contributed by atoms with van der Waals surface area (Å²) in [5.41, 5.74) is 1.05. The van der Waals surface area contributed by atoms with E-state index in [1.54, 1.807) is 36.6 Å². The highest BCUT2D eigenvalue weighted by Crippen LogP contribution is 2.31. The Balaban J connectivity index is 1.45. The Kier molecular flexibility index (Phi) is 5.06. The normalized spacial score (nSPS) is 23.6. The van der Waals surface area contributed by atoms with E-state index in [-0.39, 0.29) is 29.3 Å². The van der Waals surface area contributed by atoms with Crippen LogP contribution in [0.2, 0.25) is 0 Å². The van der Waals surface area contributed by atoms with Gasteiger partial charge in [0.05, 0.1) is 23.1 Å². The van der Waals surface area contributed by atoms with Crippen LogP contribution < -0.4 is 5.32 Å². The number of carbonyl (C=O) groups is 1. The number of benzene rings is 1. The van der Waals surface area contributed by atoms with Gasteiger partial charge in [0, 0.05) is 25.1 Å². The van der Waals surface area contributed by atoms with Crippen LogP contribution in [0.25, 0.3) is 0 Å². The van der Waals surface area contributed by atoms with Crippen molar-refractivity contribution in [1.82, 2.24) is 9.62 Å². The number of piperidine rings is 1. The van der Waals surface area contributed by atoms with Gasteiger partial charge in [0.15, 0.2) is 0 Å². The van der Waals surface area contributed by atoms with E-state index in [1.165, 1.54) is 4.31 Å². The van der Waals surface area contributed by atoms with E-state index in [1.807, 2.05) is 6.07 Å². The molecule has 6 nitrogen and oxygen atoms in total. The summed E-state index contributed by atoms with van der Waals surface area (Å²) >= 11 is 0. The molecule has 1 fully saturated rings. The SMILES string of the molecule is O=C(N[C@@H]1CCCc2occc21)[C@H]1CCCN(S(=O)(=O)c2ccccc2)C1. The first kappa shape index (κ1) is 18.3. The van der Waals surface area contributed by atoms with Crippen LogP contribution in [-0.4, -0.2) is 31.7 Å². The average molecular weight is 388 g/mol. The third-order valence-electron chi connectivity index (χ3n) is 5.50. The van der Waals surface area contributed by atoms with Crippen molar-refractivity contribution in [2.75, 3.05) is 13.1 Å². The molecular weight excluding hydrogens is 364 g/mol. The van der Waals surface area contributed by atoms with Crippen molar-refractivity contribution in [1.29, 1.82) is 0 Å². The van der Waals surface area contributed by atoms with Crippen LogP contribution in [0.4, 0.5) is 0 Å². The van der Waals surface area contributed by atoms with E-state index in [9.17, 15) is 13.2 Å². The number of rotatable bonds is 4. The van der Waals surface area contributed by atoms with Crippen molar-refractivity contribution in [3.8, 4) is 0 Å². The van der Waals surface area contributed by atoms with E-state index in [2.05, 4.69) is 5.32 Å². The minimum Gasteiger partial charge on any atom is -0.469 e. The van der Waals surface area contributed by atoms with Gasteiger partial charge in [0.2, 0.25) is 15.9 Å². The van der Waals surface area contributed by atoms with Crippen LogP contribution in [0.1, 0.15) is 43.0 Å². The number of aryl methyl sites for hydroxylation is 1. The van der Waals surface area contributed by atoms with Gasteiger partial charge in [-0.15, -0.1) is 0 Å². The topological polar surface area (TPSA) is 79.6 Å². The fraction of sp³-hybridized carbons (Fsp3) is 0.450. The molecule has 7 heteroatoms. The van der Waals surface area contributed by atoms with Gasteiger partial charge >= 0.3 is 0 Å². The smallest absolute Gasteiger partial charge is 0.243 e. The van der Waals surface area contributed by atoms with Crippen LogP contribution in [0, 0.1) is 5.92 Å². The quantitative estimate of drug-likeness (QED) is 0.873. The molecule has 2 heterocycles. The Hall–Kier alpha value is -2.12. The first-order valence-corrected chi connectivity index (χ1v) is 10.9. The molecule has 1 aromatic carbocycles. The van der Waals surface area contributed by atoms with Crippen molar-refractivity contribution in [2.45, 2.75) is 43.0 Å². The lowest BCUT2D eigenvalue weighted by Gasteiger charge is -2.32. The molecule has 1 aliphatic carbocycles. The Labute approximate surface area is 159 Å². The maximum absolute atomic E-state index is 12.9. The number of fused-ring (bicyclic) bond motifs is 1. The van der Waals surface area contributed by atoms with Crippen LogP contribution in [0.15, 0.2) is 52.0 Å². The zero-order valence-corrected chi connectivity index (χ0v) is 16.0. The van der Waals surface area contributed by atoms with Crippen LogP contribution in [-0.2, 0) is 21.2 Å². The Bertz CT molecular complexity index is 907. The molecule has 4 rings (SSSR count). The summed E-state index contributed by atoms with van der Waals surface area (Å²) in [6.07, 6.45) is 5.83. The van der Waals surface area contributed by atoms with Gasteiger partial charge in [-0.1, -0.05) is 18.2 Å². The lowest BCUT2D eigenvalue weighted by Crippen LogP contribution is -2.46. The zero-order valence-electron chi connectivity index (χ0n) is 15.1. The maximum Gasteiger partial charge on any atom is 0.243 e. The molecule has 27 heavy (non-hydrogen) atoms. The van der Waals surface area contributed by atoms with Crippen LogP contribution >= 0.6 is 0 Å². The maximum atomic E-state index is 12.9.